The number of thioether (sulfide) groups is 1. The lowest BCUT2D eigenvalue weighted by Crippen LogP contribution is -2.59. The Bertz CT molecular complexity index is 1170. The van der Waals surface area contributed by atoms with E-state index in [0.29, 0.717) is 18.6 Å². The third-order valence-electron chi connectivity index (χ3n) is 7.07. The largest absolute Gasteiger partial charge is 0.444 e. The summed E-state index contributed by atoms with van der Waals surface area (Å²) in [4.78, 5) is 43.3. The van der Waals surface area contributed by atoms with Gasteiger partial charge in [-0.25, -0.2) is 4.79 Å². The van der Waals surface area contributed by atoms with Crippen LogP contribution in [0.3, 0.4) is 0 Å². The summed E-state index contributed by atoms with van der Waals surface area (Å²) in [5.74, 6) is 0.0232. The number of nitrogens with one attached hydrogen (secondary N) is 2. The molecule has 0 heterocycles. The number of hydrogen-bond acceptors (Lipinski definition) is 5. The molecule has 0 fully saturated rings. The Hall–Kier alpha value is -3.00. The van der Waals surface area contributed by atoms with Crippen molar-refractivity contribution in [3.63, 3.8) is 0 Å². The van der Waals surface area contributed by atoms with Gasteiger partial charge in [0.2, 0.25) is 5.91 Å². The predicted molar refractivity (Wildman–Crippen MR) is 166 cm³/mol. The van der Waals surface area contributed by atoms with E-state index in [2.05, 4.69) is 10.6 Å². The minimum atomic E-state index is -0.931. The van der Waals surface area contributed by atoms with Crippen molar-refractivity contribution in [1.82, 2.24) is 10.2 Å². The second-order valence-electron chi connectivity index (χ2n) is 11.9. The number of ether oxygens (including phenoxy) is 1. The monoisotopic (exact) mass is 569 g/mol. The van der Waals surface area contributed by atoms with Crippen LogP contribution in [0, 0.1) is 20.8 Å². The summed E-state index contributed by atoms with van der Waals surface area (Å²) in [5.41, 5.74) is 2.82. The number of hydrogen-bond donors (Lipinski definition) is 2. The van der Waals surface area contributed by atoms with Crippen LogP contribution in [0.4, 0.5) is 10.5 Å². The summed E-state index contributed by atoms with van der Waals surface area (Å²) in [7, 11) is 0. The zero-order valence-corrected chi connectivity index (χ0v) is 26.6. The third kappa shape index (κ3) is 8.75. The van der Waals surface area contributed by atoms with Crippen LogP contribution in [0.1, 0.15) is 82.7 Å². The molecule has 3 amide bonds. The van der Waals surface area contributed by atoms with Gasteiger partial charge >= 0.3 is 6.09 Å². The molecule has 7 nitrogen and oxygen atoms in total. The molecule has 2 aromatic rings. The Balaban J connectivity index is 2.68. The van der Waals surface area contributed by atoms with Crippen LogP contribution in [0.25, 0.3) is 0 Å². The van der Waals surface area contributed by atoms with Crippen molar-refractivity contribution in [2.75, 3.05) is 17.3 Å². The minimum Gasteiger partial charge on any atom is -0.444 e. The van der Waals surface area contributed by atoms with E-state index < -0.39 is 29.3 Å². The second kappa shape index (κ2) is 14.1. The summed E-state index contributed by atoms with van der Waals surface area (Å²) >= 11 is 1.59. The van der Waals surface area contributed by atoms with Crippen LogP contribution < -0.4 is 10.6 Å². The number of benzene rings is 2. The second-order valence-corrected chi connectivity index (χ2v) is 12.9. The third-order valence-corrected chi connectivity index (χ3v) is 7.72. The highest BCUT2D eigenvalue weighted by Crippen LogP contribution is 2.35. The van der Waals surface area contributed by atoms with Crippen LogP contribution >= 0.6 is 11.8 Å². The van der Waals surface area contributed by atoms with Crippen molar-refractivity contribution in [3.8, 4) is 0 Å². The maximum atomic E-state index is 14.5. The van der Waals surface area contributed by atoms with Crippen molar-refractivity contribution in [2.45, 2.75) is 98.4 Å². The van der Waals surface area contributed by atoms with Crippen LogP contribution in [0.5, 0.6) is 0 Å². The molecule has 8 heteroatoms. The molecule has 0 aliphatic heterocycles. The SMILES string of the molecule is CCC(C)(C)N(C(=O)C(CCSC)NC(=O)OC(C)(C)C)C(C(=O)Nc1c(C)cccc1C)c1ccccc1C. The number of amides is 3. The van der Waals surface area contributed by atoms with Crippen LogP contribution in [0.15, 0.2) is 42.5 Å². The van der Waals surface area contributed by atoms with Crippen molar-refractivity contribution < 1.29 is 19.1 Å². The summed E-state index contributed by atoms with van der Waals surface area (Å²) in [5, 5.41) is 5.96. The molecule has 0 radical (unpaired) electrons. The molecular formula is C32H47N3O4S. The first-order chi connectivity index (χ1) is 18.6. The van der Waals surface area contributed by atoms with E-state index in [-0.39, 0.29) is 11.8 Å². The first-order valence-electron chi connectivity index (χ1n) is 13.9. The molecule has 220 valence electrons. The fourth-order valence-electron chi connectivity index (χ4n) is 4.55. The molecule has 0 aromatic heterocycles. The Kier molecular flexibility index (Phi) is 11.7. The summed E-state index contributed by atoms with van der Waals surface area (Å²) in [6, 6.07) is 11.7. The first-order valence-corrected chi connectivity index (χ1v) is 15.3. The van der Waals surface area contributed by atoms with Crippen molar-refractivity contribution >= 4 is 35.4 Å². The molecule has 2 N–H and O–H groups in total. The Morgan fingerprint density at radius 3 is 2.02 bits per heavy atom. The number of carbonyl (C=O) groups is 3. The van der Waals surface area contributed by atoms with Crippen LogP contribution in [-0.2, 0) is 14.3 Å². The van der Waals surface area contributed by atoms with E-state index in [4.69, 9.17) is 4.74 Å². The van der Waals surface area contributed by atoms with Gasteiger partial charge in [0.05, 0.1) is 0 Å². The number of rotatable bonds is 11. The molecule has 2 rings (SSSR count). The molecule has 0 saturated carbocycles. The van der Waals surface area contributed by atoms with Crippen molar-refractivity contribution in [2.24, 2.45) is 0 Å². The lowest BCUT2D eigenvalue weighted by Gasteiger charge is -2.45. The van der Waals surface area contributed by atoms with E-state index in [1.807, 2.05) is 90.3 Å². The molecule has 2 unspecified atom stereocenters. The highest BCUT2D eigenvalue weighted by atomic mass is 32.2. The smallest absolute Gasteiger partial charge is 0.408 e. The highest BCUT2D eigenvalue weighted by molar-refractivity contribution is 7.98. The average molecular weight is 570 g/mol. The van der Waals surface area contributed by atoms with Gasteiger partial charge in [-0.2, -0.15) is 11.8 Å². The van der Waals surface area contributed by atoms with Crippen LogP contribution in [-0.4, -0.2) is 52.0 Å². The Morgan fingerprint density at radius 1 is 0.925 bits per heavy atom. The number of anilines is 1. The number of alkyl carbamates (subject to hydrolysis) is 1. The summed E-state index contributed by atoms with van der Waals surface area (Å²) in [6.07, 6.45) is 2.29. The van der Waals surface area contributed by atoms with Crippen LogP contribution in [0.2, 0.25) is 0 Å². The lowest BCUT2D eigenvalue weighted by molar-refractivity contribution is -0.147. The first kappa shape index (κ1) is 33.2. The summed E-state index contributed by atoms with van der Waals surface area (Å²) < 4.78 is 5.50. The van der Waals surface area contributed by atoms with E-state index in [1.54, 1.807) is 37.4 Å². The van der Waals surface area contributed by atoms with Gasteiger partial charge in [-0.3, -0.25) is 9.59 Å². The van der Waals surface area contributed by atoms with Crippen molar-refractivity contribution in [3.05, 3.63) is 64.7 Å². The molecule has 0 spiro atoms. The molecular weight excluding hydrogens is 522 g/mol. The molecule has 40 heavy (non-hydrogen) atoms. The zero-order chi connectivity index (χ0) is 30.3. The Morgan fingerprint density at radius 2 is 1.50 bits per heavy atom. The molecule has 0 aliphatic carbocycles. The predicted octanol–water partition coefficient (Wildman–Crippen LogP) is 6.96. The fourth-order valence-corrected chi connectivity index (χ4v) is 5.02. The number of carbonyl (C=O) groups excluding carboxylic acids is 3. The normalized spacial score (nSPS) is 13.2. The van der Waals surface area contributed by atoms with E-state index in [1.165, 1.54) is 0 Å². The van der Waals surface area contributed by atoms with E-state index >= 15 is 0 Å². The van der Waals surface area contributed by atoms with Gasteiger partial charge in [-0.1, -0.05) is 49.4 Å². The quantitative estimate of drug-likeness (QED) is 0.306. The molecule has 0 saturated heterocycles. The average Bonchev–Trinajstić information content (AvgIpc) is 2.86. The number of aryl methyl sites for hydroxylation is 3. The maximum Gasteiger partial charge on any atom is 0.408 e. The van der Waals surface area contributed by atoms with Gasteiger partial charge in [0.25, 0.3) is 5.91 Å². The van der Waals surface area contributed by atoms with E-state index in [9.17, 15) is 14.4 Å². The molecule has 2 aromatic carbocycles. The van der Waals surface area contributed by atoms with E-state index in [0.717, 1.165) is 27.9 Å². The fraction of sp³-hybridized carbons (Fsp3) is 0.531. The van der Waals surface area contributed by atoms with Gasteiger partial charge in [0.15, 0.2) is 0 Å². The van der Waals surface area contributed by atoms with Gasteiger partial charge in [0, 0.05) is 11.2 Å². The topological polar surface area (TPSA) is 87.7 Å². The lowest BCUT2D eigenvalue weighted by atomic mass is 9.90. The molecule has 0 aliphatic rings. The van der Waals surface area contributed by atoms with Crippen molar-refractivity contribution in [1.29, 1.82) is 0 Å². The number of nitrogens with zero attached hydrogens (tertiary/aromatic N) is 1. The maximum absolute atomic E-state index is 14.5. The zero-order valence-electron chi connectivity index (χ0n) is 25.8. The number of para-hydroxylation sites is 1. The van der Waals surface area contributed by atoms with Gasteiger partial charge in [0.1, 0.15) is 17.7 Å². The standard InChI is InChI=1S/C32H47N3O4S/c1-11-32(8,9)35(29(37)25(19-20-40-10)33-30(38)39-31(5,6)7)27(24-18-13-12-15-21(24)2)28(36)34-26-22(3)16-14-17-23(26)4/h12-18,25,27H,11,19-20H2,1-10H3,(H,33,38)(H,34,36). The molecule has 0 bridgehead atoms. The Labute approximate surface area is 244 Å². The summed E-state index contributed by atoms with van der Waals surface area (Å²) in [6.45, 7) is 17.1. The van der Waals surface area contributed by atoms with Gasteiger partial charge < -0.3 is 20.3 Å². The highest BCUT2D eigenvalue weighted by Gasteiger charge is 2.43. The minimum absolute atomic E-state index is 0.303. The molecule has 2 atom stereocenters. The van der Waals surface area contributed by atoms with Gasteiger partial charge in [-0.05, 0) is 102 Å². The van der Waals surface area contributed by atoms with Gasteiger partial charge in [-0.15, -0.1) is 0 Å².